The molecule has 4 rings (SSSR count). The largest absolute Gasteiger partial charge is 0.443 e. The second-order valence-electron chi connectivity index (χ2n) is 8.79. The van der Waals surface area contributed by atoms with Crippen LogP contribution in [-0.2, 0) is 11.3 Å². The van der Waals surface area contributed by atoms with E-state index in [1.165, 1.54) is 0 Å². The molecule has 0 radical (unpaired) electrons. The smallest absolute Gasteiger partial charge is 0.415 e. The average molecular weight is 439 g/mol. The number of aromatic nitrogens is 1. The van der Waals surface area contributed by atoms with Crippen molar-refractivity contribution in [3.63, 3.8) is 0 Å². The second-order valence-corrected chi connectivity index (χ2v) is 8.79. The summed E-state index contributed by atoms with van der Waals surface area (Å²) in [6, 6.07) is 26.9. The van der Waals surface area contributed by atoms with E-state index in [9.17, 15) is 9.59 Å². The lowest BCUT2D eigenvalue weighted by Crippen LogP contribution is -2.36. The molecule has 1 aromatic heterocycles. The molecule has 0 aliphatic carbocycles. The van der Waals surface area contributed by atoms with Gasteiger partial charge in [-0.2, -0.15) is 0 Å². The SMILES string of the molecule is CC(C)(C)OC(=O)N(Cc1ccc2ccccc2c1-c1cccc(C=O)n1)c1ccccc1. The highest BCUT2D eigenvalue weighted by Crippen LogP contribution is 2.33. The highest BCUT2D eigenvalue weighted by molar-refractivity contribution is 5.98. The molecule has 3 aromatic carbocycles. The summed E-state index contributed by atoms with van der Waals surface area (Å²) in [6.07, 6.45) is 0.313. The van der Waals surface area contributed by atoms with Crippen LogP contribution in [0.25, 0.3) is 22.0 Å². The lowest BCUT2D eigenvalue weighted by molar-refractivity contribution is 0.0577. The van der Waals surface area contributed by atoms with Crippen molar-refractivity contribution in [3.8, 4) is 11.3 Å². The Kier molecular flexibility index (Phi) is 6.22. The molecule has 1 amide bonds. The molecule has 4 aromatic rings. The van der Waals surface area contributed by atoms with Crippen LogP contribution in [0.3, 0.4) is 0 Å². The number of hydrogen-bond acceptors (Lipinski definition) is 4. The van der Waals surface area contributed by atoms with Crippen molar-refractivity contribution in [2.75, 3.05) is 4.90 Å². The van der Waals surface area contributed by atoms with E-state index in [0.29, 0.717) is 11.4 Å². The zero-order chi connectivity index (χ0) is 23.4. The topological polar surface area (TPSA) is 59.5 Å². The van der Waals surface area contributed by atoms with Crippen LogP contribution in [0.4, 0.5) is 10.5 Å². The van der Waals surface area contributed by atoms with Gasteiger partial charge in [-0.25, -0.2) is 9.78 Å². The third-order valence-corrected chi connectivity index (χ3v) is 5.17. The van der Waals surface area contributed by atoms with E-state index in [0.717, 1.165) is 33.9 Å². The number of hydrogen-bond donors (Lipinski definition) is 0. The fraction of sp³-hybridized carbons (Fsp3) is 0.179. The summed E-state index contributed by atoms with van der Waals surface area (Å²) >= 11 is 0. The first-order valence-corrected chi connectivity index (χ1v) is 10.8. The number of carbonyl (C=O) groups is 2. The summed E-state index contributed by atoms with van der Waals surface area (Å²) in [5.41, 5.74) is 2.94. The van der Waals surface area contributed by atoms with Crippen molar-refractivity contribution >= 4 is 28.8 Å². The number of aldehydes is 1. The van der Waals surface area contributed by atoms with Gasteiger partial charge in [-0.05, 0) is 61.4 Å². The van der Waals surface area contributed by atoms with Gasteiger partial charge in [0.05, 0.1) is 12.2 Å². The van der Waals surface area contributed by atoms with Gasteiger partial charge >= 0.3 is 6.09 Å². The quantitative estimate of drug-likeness (QED) is 0.327. The number of amides is 1. The number of pyridine rings is 1. The summed E-state index contributed by atoms with van der Waals surface area (Å²) in [6.45, 7) is 5.84. The van der Waals surface area contributed by atoms with E-state index in [1.807, 2.05) is 99.6 Å². The van der Waals surface area contributed by atoms with Crippen LogP contribution in [0.15, 0.2) is 84.9 Å². The Morgan fingerprint density at radius 2 is 1.64 bits per heavy atom. The van der Waals surface area contributed by atoms with Crippen molar-refractivity contribution in [3.05, 3.63) is 96.2 Å². The summed E-state index contributed by atoms with van der Waals surface area (Å²) in [7, 11) is 0. The van der Waals surface area contributed by atoms with Gasteiger partial charge in [-0.3, -0.25) is 9.69 Å². The van der Waals surface area contributed by atoms with Gasteiger partial charge < -0.3 is 4.74 Å². The first-order chi connectivity index (χ1) is 15.9. The van der Waals surface area contributed by atoms with Gasteiger partial charge in [-0.1, -0.05) is 60.7 Å². The zero-order valence-corrected chi connectivity index (χ0v) is 19.0. The van der Waals surface area contributed by atoms with E-state index >= 15 is 0 Å². The number of benzene rings is 3. The highest BCUT2D eigenvalue weighted by atomic mass is 16.6. The third-order valence-electron chi connectivity index (χ3n) is 5.17. The molecule has 5 heteroatoms. The molecule has 0 spiro atoms. The first kappa shape index (κ1) is 22.2. The van der Waals surface area contributed by atoms with Crippen molar-refractivity contribution in [2.45, 2.75) is 32.9 Å². The number of nitrogens with zero attached hydrogens (tertiary/aromatic N) is 2. The predicted molar refractivity (Wildman–Crippen MR) is 131 cm³/mol. The lowest BCUT2D eigenvalue weighted by atomic mass is 9.95. The second kappa shape index (κ2) is 9.25. The van der Waals surface area contributed by atoms with Crippen molar-refractivity contribution < 1.29 is 14.3 Å². The fourth-order valence-corrected chi connectivity index (χ4v) is 3.76. The standard InChI is InChI=1S/C28H26N2O3/c1-28(2,3)33-27(32)30(23-12-5-4-6-13-23)18-21-17-16-20-10-7-8-14-24(20)26(21)25-15-9-11-22(19-31)29-25/h4-17,19H,18H2,1-3H3. The van der Waals surface area contributed by atoms with E-state index in [-0.39, 0.29) is 6.54 Å². The van der Waals surface area contributed by atoms with Gasteiger partial charge in [0.2, 0.25) is 0 Å². The molecule has 166 valence electrons. The van der Waals surface area contributed by atoms with Crippen molar-refractivity contribution in [1.29, 1.82) is 0 Å². The predicted octanol–water partition coefficient (Wildman–Crippen LogP) is 6.66. The zero-order valence-electron chi connectivity index (χ0n) is 19.0. The molecular weight excluding hydrogens is 412 g/mol. The maximum atomic E-state index is 13.2. The molecule has 0 atom stereocenters. The number of carbonyl (C=O) groups excluding carboxylic acids is 2. The van der Waals surface area contributed by atoms with Gasteiger partial charge in [0.1, 0.15) is 11.3 Å². The number of rotatable bonds is 5. The van der Waals surface area contributed by atoms with Crippen molar-refractivity contribution in [1.82, 2.24) is 4.98 Å². The monoisotopic (exact) mass is 438 g/mol. The van der Waals surface area contributed by atoms with Crippen LogP contribution in [0.2, 0.25) is 0 Å². The normalized spacial score (nSPS) is 11.2. The van der Waals surface area contributed by atoms with Gasteiger partial charge in [0.15, 0.2) is 6.29 Å². The molecule has 0 N–H and O–H groups in total. The first-order valence-electron chi connectivity index (χ1n) is 10.8. The molecule has 0 aliphatic heterocycles. The Morgan fingerprint density at radius 1 is 0.909 bits per heavy atom. The summed E-state index contributed by atoms with van der Waals surface area (Å²) in [5, 5.41) is 2.06. The molecule has 0 aliphatic rings. The molecule has 0 saturated heterocycles. The fourth-order valence-electron chi connectivity index (χ4n) is 3.76. The van der Waals surface area contributed by atoms with Crippen LogP contribution in [-0.4, -0.2) is 23.0 Å². The molecule has 5 nitrogen and oxygen atoms in total. The van der Waals surface area contributed by atoms with Crippen LogP contribution < -0.4 is 4.90 Å². The van der Waals surface area contributed by atoms with Crippen molar-refractivity contribution in [2.24, 2.45) is 0 Å². The van der Waals surface area contributed by atoms with Gasteiger partial charge in [-0.15, -0.1) is 0 Å². The van der Waals surface area contributed by atoms with Gasteiger partial charge in [0, 0.05) is 11.3 Å². The molecular formula is C28H26N2O3. The average Bonchev–Trinajstić information content (AvgIpc) is 2.81. The highest BCUT2D eigenvalue weighted by Gasteiger charge is 2.25. The maximum Gasteiger partial charge on any atom is 0.415 e. The van der Waals surface area contributed by atoms with E-state index in [1.54, 1.807) is 11.0 Å². The third kappa shape index (κ3) is 5.09. The Morgan fingerprint density at radius 3 is 2.36 bits per heavy atom. The van der Waals surface area contributed by atoms with Gasteiger partial charge in [0.25, 0.3) is 0 Å². The summed E-state index contributed by atoms with van der Waals surface area (Å²) in [5.74, 6) is 0. The lowest BCUT2D eigenvalue weighted by Gasteiger charge is -2.28. The number of ether oxygens (including phenoxy) is 1. The Balaban J connectivity index is 1.87. The van der Waals surface area contributed by atoms with Crippen LogP contribution in [0.5, 0.6) is 0 Å². The Labute approximate surface area is 193 Å². The van der Waals surface area contributed by atoms with Crippen LogP contribution in [0, 0.1) is 0 Å². The molecule has 0 unspecified atom stereocenters. The molecule has 1 heterocycles. The molecule has 0 saturated carbocycles. The molecule has 0 fully saturated rings. The summed E-state index contributed by atoms with van der Waals surface area (Å²) in [4.78, 5) is 30.8. The van der Waals surface area contributed by atoms with E-state index < -0.39 is 11.7 Å². The molecule has 33 heavy (non-hydrogen) atoms. The number of anilines is 1. The number of fused-ring (bicyclic) bond motifs is 1. The minimum atomic E-state index is -0.629. The summed E-state index contributed by atoms with van der Waals surface area (Å²) < 4.78 is 5.72. The van der Waals surface area contributed by atoms with Crippen LogP contribution in [0.1, 0.15) is 36.8 Å². The minimum absolute atomic E-state index is 0.284. The van der Waals surface area contributed by atoms with E-state index in [4.69, 9.17) is 4.74 Å². The Bertz CT molecular complexity index is 1290. The number of para-hydroxylation sites is 1. The minimum Gasteiger partial charge on any atom is -0.443 e. The van der Waals surface area contributed by atoms with E-state index in [2.05, 4.69) is 4.98 Å². The molecule has 0 bridgehead atoms. The Hall–Kier alpha value is -3.99. The maximum absolute atomic E-state index is 13.2. The van der Waals surface area contributed by atoms with Crippen LogP contribution >= 0.6 is 0 Å².